The molecule has 4 aromatic rings. The average Bonchev–Trinajstić information content (AvgIpc) is 3.35. The van der Waals surface area contributed by atoms with Gasteiger partial charge in [0.25, 0.3) is 5.91 Å². The predicted molar refractivity (Wildman–Crippen MR) is 93.3 cm³/mol. The second-order valence-electron chi connectivity index (χ2n) is 5.46. The maximum Gasteiger partial charge on any atom is 0.276 e. The first-order valence-electron chi connectivity index (χ1n) is 7.78. The van der Waals surface area contributed by atoms with Gasteiger partial charge >= 0.3 is 0 Å². The number of hydrogen-bond acceptors (Lipinski definition) is 4. The predicted octanol–water partition coefficient (Wildman–Crippen LogP) is 3.05. The number of nitrogens with one attached hydrogen (secondary N) is 2. The number of carbonyl (C=O) groups excluding carboxylic acids is 1. The van der Waals surface area contributed by atoms with E-state index in [1.54, 1.807) is 36.5 Å². The summed E-state index contributed by atoms with van der Waals surface area (Å²) in [4.78, 5) is 16.4. The molecule has 1 amide bonds. The van der Waals surface area contributed by atoms with Crippen molar-refractivity contribution in [3.8, 4) is 17.1 Å². The van der Waals surface area contributed by atoms with Gasteiger partial charge in [0.15, 0.2) is 11.5 Å². The molecule has 0 fully saturated rings. The van der Waals surface area contributed by atoms with Crippen LogP contribution in [0.15, 0.2) is 67.1 Å². The molecule has 128 valence electrons. The number of carbonyl (C=O) groups is 1. The number of hydrogen-bond donors (Lipinski definition) is 2. The topological polar surface area (TPSA) is 88.5 Å². The number of H-pyrrole nitrogens is 1. The summed E-state index contributed by atoms with van der Waals surface area (Å²) in [7, 11) is 0. The van der Waals surface area contributed by atoms with E-state index >= 15 is 0 Å². The van der Waals surface area contributed by atoms with Gasteiger partial charge in [0.2, 0.25) is 0 Å². The quantitative estimate of drug-likeness (QED) is 0.593. The maximum atomic E-state index is 13.8. The van der Waals surface area contributed by atoms with E-state index in [1.807, 2.05) is 12.1 Å². The third-order valence-corrected chi connectivity index (χ3v) is 3.75. The molecule has 0 saturated heterocycles. The molecule has 0 spiro atoms. The number of aromatic nitrogens is 5. The van der Waals surface area contributed by atoms with E-state index in [1.165, 1.54) is 23.1 Å². The summed E-state index contributed by atoms with van der Waals surface area (Å²) in [6.45, 7) is 0. The van der Waals surface area contributed by atoms with E-state index in [2.05, 4.69) is 25.6 Å². The van der Waals surface area contributed by atoms with Crippen LogP contribution in [-0.4, -0.2) is 30.9 Å². The number of para-hydroxylation sites is 1. The highest BCUT2D eigenvalue weighted by Gasteiger charge is 2.12. The lowest BCUT2D eigenvalue weighted by molar-refractivity contribution is 0.102. The fourth-order valence-electron chi connectivity index (χ4n) is 2.47. The summed E-state index contributed by atoms with van der Waals surface area (Å²) >= 11 is 0. The molecule has 0 aliphatic rings. The van der Waals surface area contributed by atoms with Gasteiger partial charge in [-0.1, -0.05) is 12.1 Å². The summed E-state index contributed by atoms with van der Waals surface area (Å²) in [5.74, 6) is -0.149. The molecule has 0 saturated carbocycles. The molecule has 4 rings (SSSR count). The van der Waals surface area contributed by atoms with Crippen molar-refractivity contribution in [3.05, 3.63) is 78.6 Å². The summed E-state index contributed by atoms with van der Waals surface area (Å²) in [6.07, 6.45) is 2.97. The van der Waals surface area contributed by atoms with Gasteiger partial charge in [-0.25, -0.2) is 14.1 Å². The Morgan fingerprint density at radius 1 is 1.08 bits per heavy atom. The van der Waals surface area contributed by atoms with E-state index in [-0.39, 0.29) is 17.3 Å². The average molecular weight is 348 g/mol. The number of benzene rings is 2. The van der Waals surface area contributed by atoms with Gasteiger partial charge in [-0.2, -0.15) is 10.2 Å². The monoisotopic (exact) mass is 348 g/mol. The summed E-state index contributed by atoms with van der Waals surface area (Å²) in [5, 5.41) is 13.5. The minimum absolute atomic E-state index is 0.188. The van der Waals surface area contributed by atoms with Crippen molar-refractivity contribution in [1.29, 1.82) is 0 Å². The molecule has 0 bridgehead atoms. The number of nitrogens with zero attached hydrogens (tertiary/aromatic N) is 4. The molecule has 0 radical (unpaired) electrons. The van der Waals surface area contributed by atoms with Crippen LogP contribution < -0.4 is 5.32 Å². The van der Waals surface area contributed by atoms with Crippen molar-refractivity contribution in [2.24, 2.45) is 0 Å². The second-order valence-corrected chi connectivity index (χ2v) is 5.46. The Kier molecular flexibility index (Phi) is 3.98. The van der Waals surface area contributed by atoms with Crippen LogP contribution in [0.5, 0.6) is 0 Å². The first kappa shape index (κ1) is 15.7. The number of aromatic amines is 1. The molecule has 0 aliphatic carbocycles. The third kappa shape index (κ3) is 3.07. The Morgan fingerprint density at radius 2 is 1.88 bits per heavy atom. The standard InChI is InChI=1S/C18H13FN6O/c19-14-3-1-2-4-16(14)25-10-9-15(24-25)18(26)22-13-7-5-12(6-8-13)17-20-11-21-23-17/h1-11H,(H,22,26)(H,20,21,23). The van der Waals surface area contributed by atoms with Gasteiger partial charge < -0.3 is 5.32 Å². The lowest BCUT2D eigenvalue weighted by Gasteiger charge is -2.05. The zero-order valence-electron chi connectivity index (χ0n) is 13.4. The lowest BCUT2D eigenvalue weighted by atomic mass is 10.2. The van der Waals surface area contributed by atoms with Crippen LogP contribution in [0.4, 0.5) is 10.1 Å². The Hall–Kier alpha value is -3.81. The number of amides is 1. The fraction of sp³-hybridized carbons (Fsp3) is 0. The molecule has 0 unspecified atom stereocenters. The lowest BCUT2D eigenvalue weighted by Crippen LogP contribution is -2.13. The summed E-state index contributed by atoms with van der Waals surface area (Å²) in [5.41, 5.74) is 1.93. The fourth-order valence-corrected chi connectivity index (χ4v) is 2.47. The molecular weight excluding hydrogens is 335 g/mol. The molecule has 2 heterocycles. The van der Waals surface area contributed by atoms with E-state index in [9.17, 15) is 9.18 Å². The van der Waals surface area contributed by atoms with Crippen LogP contribution in [0, 0.1) is 5.82 Å². The molecule has 0 atom stereocenters. The van der Waals surface area contributed by atoms with Crippen molar-refractivity contribution in [2.45, 2.75) is 0 Å². The van der Waals surface area contributed by atoms with Crippen molar-refractivity contribution in [3.63, 3.8) is 0 Å². The Balaban J connectivity index is 1.49. The third-order valence-electron chi connectivity index (χ3n) is 3.75. The van der Waals surface area contributed by atoms with Crippen molar-refractivity contribution in [2.75, 3.05) is 5.32 Å². The first-order chi connectivity index (χ1) is 12.7. The van der Waals surface area contributed by atoms with Crippen LogP contribution in [0.2, 0.25) is 0 Å². The smallest absolute Gasteiger partial charge is 0.276 e. The second kappa shape index (κ2) is 6.60. The van der Waals surface area contributed by atoms with Crippen molar-refractivity contribution >= 4 is 11.6 Å². The molecule has 2 N–H and O–H groups in total. The highest BCUT2D eigenvalue weighted by Crippen LogP contribution is 2.18. The van der Waals surface area contributed by atoms with Crippen LogP contribution >= 0.6 is 0 Å². The largest absolute Gasteiger partial charge is 0.321 e. The van der Waals surface area contributed by atoms with Crippen LogP contribution in [-0.2, 0) is 0 Å². The minimum Gasteiger partial charge on any atom is -0.321 e. The number of anilines is 1. The van der Waals surface area contributed by atoms with E-state index in [0.717, 1.165) is 5.56 Å². The number of rotatable bonds is 4. The van der Waals surface area contributed by atoms with E-state index in [4.69, 9.17) is 0 Å². The Morgan fingerprint density at radius 3 is 2.62 bits per heavy atom. The molecule has 8 heteroatoms. The molecular formula is C18H13FN6O. The van der Waals surface area contributed by atoms with Gasteiger partial charge in [-0.15, -0.1) is 0 Å². The molecule has 2 aromatic heterocycles. The summed E-state index contributed by atoms with van der Waals surface area (Å²) in [6, 6.07) is 14.9. The zero-order chi connectivity index (χ0) is 17.9. The Labute approximate surface area is 147 Å². The normalized spacial score (nSPS) is 10.7. The SMILES string of the molecule is O=C(Nc1ccc(-c2ncn[nH]2)cc1)c1ccn(-c2ccccc2F)n1. The van der Waals surface area contributed by atoms with Crippen LogP contribution in [0.3, 0.4) is 0 Å². The molecule has 2 aromatic carbocycles. The molecule has 26 heavy (non-hydrogen) atoms. The first-order valence-corrected chi connectivity index (χ1v) is 7.78. The van der Waals surface area contributed by atoms with Crippen molar-refractivity contribution < 1.29 is 9.18 Å². The van der Waals surface area contributed by atoms with Crippen LogP contribution in [0.25, 0.3) is 17.1 Å². The molecule has 0 aliphatic heterocycles. The van der Waals surface area contributed by atoms with E-state index < -0.39 is 5.82 Å². The van der Waals surface area contributed by atoms with Crippen molar-refractivity contribution in [1.82, 2.24) is 25.0 Å². The zero-order valence-corrected chi connectivity index (χ0v) is 13.4. The maximum absolute atomic E-state index is 13.8. The van der Waals surface area contributed by atoms with Gasteiger partial charge in [0.1, 0.15) is 17.8 Å². The molecule has 7 nitrogen and oxygen atoms in total. The number of halogens is 1. The minimum atomic E-state index is -0.412. The van der Waals surface area contributed by atoms with E-state index in [0.29, 0.717) is 11.5 Å². The summed E-state index contributed by atoms with van der Waals surface area (Å²) < 4.78 is 15.1. The van der Waals surface area contributed by atoms with Gasteiger partial charge in [-0.05, 0) is 42.5 Å². The van der Waals surface area contributed by atoms with Gasteiger partial charge in [-0.3, -0.25) is 9.89 Å². The highest BCUT2D eigenvalue weighted by molar-refractivity contribution is 6.02. The van der Waals surface area contributed by atoms with Crippen LogP contribution in [0.1, 0.15) is 10.5 Å². The Bertz CT molecular complexity index is 1040. The van der Waals surface area contributed by atoms with Gasteiger partial charge in [0.05, 0.1) is 0 Å². The van der Waals surface area contributed by atoms with Gasteiger partial charge in [0, 0.05) is 17.4 Å². The highest BCUT2D eigenvalue weighted by atomic mass is 19.1.